The summed E-state index contributed by atoms with van der Waals surface area (Å²) in [6.07, 6.45) is 1.76. The Morgan fingerprint density at radius 3 is 2.33 bits per heavy atom. The first-order chi connectivity index (χ1) is 7.27. The van der Waals surface area contributed by atoms with E-state index in [9.17, 15) is 5.11 Å². The van der Waals surface area contributed by atoms with Crippen LogP contribution in [-0.4, -0.2) is 24.9 Å². The zero-order chi connectivity index (χ0) is 10.7. The molecule has 1 aliphatic rings. The van der Waals surface area contributed by atoms with Crippen molar-refractivity contribution in [1.29, 1.82) is 0 Å². The molecule has 1 N–H and O–H groups in total. The van der Waals surface area contributed by atoms with E-state index in [1.807, 2.05) is 24.3 Å². The minimum Gasteiger partial charge on any atom is -0.395 e. The number of ether oxygens (including phenoxy) is 1. The van der Waals surface area contributed by atoms with Crippen molar-refractivity contribution in [1.82, 2.24) is 0 Å². The summed E-state index contributed by atoms with van der Waals surface area (Å²) >= 11 is 5.85. The molecule has 15 heavy (non-hydrogen) atoms. The molecule has 0 atom stereocenters. The quantitative estimate of drug-likeness (QED) is 0.839. The normalized spacial score (nSPS) is 20.1. The Morgan fingerprint density at radius 1 is 1.20 bits per heavy atom. The van der Waals surface area contributed by atoms with E-state index in [1.165, 1.54) is 0 Å². The average molecular weight is 227 g/mol. The maximum atomic E-state index is 9.58. The zero-order valence-corrected chi connectivity index (χ0v) is 9.33. The highest BCUT2D eigenvalue weighted by Gasteiger charge is 2.33. The van der Waals surface area contributed by atoms with Gasteiger partial charge in [-0.1, -0.05) is 23.7 Å². The van der Waals surface area contributed by atoms with Crippen molar-refractivity contribution in [2.45, 2.75) is 18.3 Å². The van der Waals surface area contributed by atoms with E-state index >= 15 is 0 Å². The molecule has 0 saturated carbocycles. The van der Waals surface area contributed by atoms with Crippen LogP contribution in [0.3, 0.4) is 0 Å². The molecule has 0 unspecified atom stereocenters. The van der Waals surface area contributed by atoms with E-state index in [4.69, 9.17) is 16.3 Å². The minimum absolute atomic E-state index is 0.122. The summed E-state index contributed by atoms with van der Waals surface area (Å²) < 4.78 is 5.33. The molecule has 2 rings (SSSR count). The van der Waals surface area contributed by atoms with Crippen molar-refractivity contribution in [2.24, 2.45) is 0 Å². The van der Waals surface area contributed by atoms with Crippen molar-refractivity contribution >= 4 is 11.6 Å². The second-order valence-electron chi connectivity index (χ2n) is 4.06. The van der Waals surface area contributed by atoms with Crippen LogP contribution in [0.25, 0.3) is 0 Å². The molecule has 0 radical (unpaired) electrons. The topological polar surface area (TPSA) is 29.5 Å². The van der Waals surface area contributed by atoms with Crippen LogP contribution in [0.15, 0.2) is 24.3 Å². The van der Waals surface area contributed by atoms with Gasteiger partial charge in [-0.15, -0.1) is 0 Å². The van der Waals surface area contributed by atoms with Crippen molar-refractivity contribution in [3.8, 4) is 0 Å². The van der Waals surface area contributed by atoms with Crippen molar-refractivity contribution < 1.29 is 9.84 Å². The fraction of sp³-hybridized carbons (Fsp3) is 0.500. The van der Waals surface area contributed by atoms with Gasteiger partial charge in [0.15, 0.2) is 0 Å². The van der Waals surface area contributed by atoms with Gasteiger partial charge < -0.3 is 9.84 Å². The zero-order valence-electron chi connectivity index (χ0n) is 8.58. The van der Waals surface area contributed by atoms with Crippen LogP contribution in [-0.2, 0) is 10.2 Å². The fourth-order valence-corrected chi connectivity index (χ4v) is 2.23. The number of benzene rings is 1. The number of aliphatic hydroxyl groups is 1. The summed E-state index contributed by atoms with van der Waals surface area (Å²) in [6.45, 7) is 1.63. The number of rotatable bonds is 2. The summed E-state index contributed by atoms with van der Waals surface area (Å²) in [6, 6.07) is 7.77. The summed E-state index contributed by atoms with van der Waals surface area (Å²) in [7, 11) is 0. The second kappa shape index (κ2) is 4.52. The Kier molecular flexibility index (Phi) is 3.29. The van der Waals surface area contributed by atoms with Crippen molar-refractivity contribution in [3.63, 3.8) is 0 Å². The van der Waals surface area contributed by atoms with Crippen LogP contribution in [0, 0.1) is 0 Å². The van der Waals surface area contributed by atoms with Gasteiger partial charge in [-0.2, -0.15) is 0 Å². The maximum absolute atomic E-state index is 9.58. The number of aliphatic hydroxyl groups excluding tert-OH is 1. The molecule has 1 aromatic rings. The first kappa shape index (κ1) is 10.9. The van der Waals surface area contributed by atoms with Crippen LogP contribution in [0.4, 0.5) is 0 Å². The lowest BCUT2D eigenvalue weighted by Gasteiger charge is -2.36. The van der Waals surface area contributed by atoms with E-state index in [-0.39, 0.29) is 12.0 Å². The highest BCUT2D eigenvalue weighted by Crippen LogP contribution is 2.34. The molecule has 82 valence electrons. The van der Waals surface area contributed by atoms with Gasteiger partial charge in [0, 0.05) is 23.7 Å². The fourth-order valence-electron chi connectivity index (χ4n) is 2.10. The molecule has 0 aliphatic carbocycles. The smallest absolute Gasteiger partial charge is 0.0529 e. The molecule has 3 heteroatoms. The van der Waals surface area contributed by atoms with Gasteiger partial charge in [0.05, 0.1) is 6.61 Å². The van der Waals surface area contributed by atoms with Gasteiger partial charge in [0.25, 0.3) is 0 Å². The Hall–Kier alpha value is -0.570. The van der Waals surface area contributed by atoms with Crippen molar-refractivity contribution in [3.05, 3.63) is 34.9 Å². The van der Waals surface area contributed by atoms with Gasteiger partial charge in [-0.25, -0.2) is 0 Å². The summed E-state index contributed by atoms with van der Waals surface area (Å²) in [5.74, 6) is 0. The van der Waals surface area contributed by atoms with E-state index in [0.29, 0.717) is 0 Å². The molecule has 0 bridgehead atoms. The molecule has 1 saturated heterocycles. The van der Waals surface area contributed by atoms with Crippen LogP contribution in [0.1, 0.15) is 18.4 Å². The Morgan fingerprint density at radius 2 is 1.80 bits per heavy atom. The molecular weight excluding hydrogens is 212 g/mol. The van der Waals surface area contributed by atoms with E-state index in [0.717, 1.165) is 36.6 Å². The van der Waals surface area contributed by atoms with Gasteiger partial charge in [0.1, 0.15) is 0 Å². The molecular formula is C12H15ClO2. The van der Waals surface area contributed by atoms with Crippen LogP contribution >= 0.6 is 11.6 Å². The standard InChI is InChI=1S/C12H15ClO2/c13-11-3-1-10(2-4-11)12(9-14)5-7-15-8-6-12/h1-4,14H,5-9H2. The molecule has 2 nitrogen and oxygen atoms in total. The van der Waals surface area contributed by atoms with E-state index in [2.05, 4.69) is 0 Å². The van der Waals surface area contributed by atoms with E-state index in [1.54, 1.807) is 0 Å². The Balaban J connectivity index is 2.28. The summed E-state index contributed by atoms with van der Waals surface area (Å²) in [4.78, 5) is 0. The monoisotopic (exact) mass is 226 g/mol. The van der Waals surface area contributed by atoms with Gasteiger partial charge in [-0.05, 0) is 30.5 Å². The molecule has 0 aromatic heterocycles. The molecule has 1 aromatic carbocycles. The molecule has 0 amide bonds. The lowest BCUT2D eigenvalue weighted by molar-refractivity contribution is 0.0253. The lowest BCUT2D eigenvalue weighted by Crippen LogP contribution is -2.37. The van der Waals surface area contributed by atoms with E-state index < -0.39 is 0 Å². The minimum atomic E-state index is -0.122. The number of hydrogen-bond acceptors (Lipinski definition) is 2. The van der Waals surface area contributed by atoms with Crippen LogP contribution in [0.5, 0.6) is 0 Å². The predicted octanol–water partition coefficient (Wildman–Crippen LogP) is 2.38. The van der Waals surface area contributed by atoms with Gasteiger partial charge in [0.2, 0.25) is 0 Å². The second-order valence-corrected chi connectivity index (χ2v) is 4.49. The highest BCUT2D eigenvalue weighted by atomic mass is 35.5. The van der Waals surface area contributed by atoms with Crippen molar-refractivity contribution in [2.75, 3.05) is 19.8 Å². The third-order valence-electron chi connectivity index (χ3n) is 3.21. The lowest BCUT2D eigenvalue weighted by atomic mass is 9.75. The van der Waals surface area contributed by atoms with Gasteiger partial charge in [-0.3, -0.25) is 0 Å². The molecule has 1 aliphatic heterocycles. The van der Waals surface area contributed by atoms with Crippen LogP contribution in [0.2, 0.25) is 5.02 Å². The Labute approximate surface area is 94.8 Å². The Bertz CT molecular complexity index is 315. The predicted molar refractivity (Wildman–Crippen MR) is 60.3 cm³/mol. The largest absolute Gasteiger partial charge is 0.395 e. The first-order valence-corrected chi connectivity index (χ1v) is 5.59. The average Bonchev–Trinajstić information content (AvgIpc) is 2.31. The summed E-state index contributed by atoms with van der Waals surface area (Å²) in [5.41, 5.74) is 1.04. The molecule has 1 fully saturated rings. The van der Waals surface area contributed by atoms with Crippen LogP contribution < -0.4 is 0 Å². The highest BCUT2D eigenvalue weighted by molar-refractivity contribution is 6.30. The third-order valence-corrected chi connectivity index (χ3v) is 3.46. The summed E-state index contributed by atoms with van der Waals surface area (Å²) in [5, 5.41) is 10.3. The molecule has 0 spiro atoms. The number of hydrogen-bond donors (Lipinski definition) is 1. The first-order valence-electron chi connectivity index (χ1n) is 5.21. The molecule has 1 heterocycles. The van der Waals surface area contributed by atoms with Gasteiger partial charge >= 0.3 is 0 Å². The maximum Gasteiger partial charge on any atom is 0.0529 e. The third kappa shape index (κ3) is 2.17. The SMILES string of the molecule is OCC1(c2ccc(Cl)cc2)CCOCC1. The number of halogens is 1.